The molecule has 0 aliphatic carbocycles. The Bertz CT molecular complexity index is 1440. The highest BCUT2D eigenvalue weighted by molar-refractivity contribution is 6.39. The van der Waals surface area contributed by atoms with Crippen molar-refractivity contribution < 1.29 is 14.3 Å². The van der Waals surface area contributed by atoms with Gasteiger partial charge in [0.05, 0.1) is 30.5 Å². The van der Waals surface area contributed by atoms with E-state index in [1.54, 1.807) is 17.0 Å². The number of para-hydroxylation sites is 1. The Labute approximate surface area is 209 Å². The fraction of sp³-hybridized carbons (Fsp3) is 0.0667. The van der Waals surface area contributed by atoms with Gasteiger partial charge in [-0.15, -0.1) is 0 Å². The molecule has 4 aromatic carbocycles. The first kappa shape index (κ1) is 22.6. The van der Waals surface area contributed by atoms with Crippen LogP contribution < -0.4 is 4.90 Å². The Kier molecular flexibility index (Phi) is 6.21. The topological polar surface area (TPSA) is 46.6 Å². The van der Waals surface area contributed by atoms with Crippen LogP contribution in [0.3, 0.4) is 0 Å². The molecule has 0 radical (unpaired) electrons. The zero-order valence-electron chi connectivity index (χ0n) is 19.1. The first-order valence-electron chi connectivity index (χ1n) is 11.2. The van der Waals surface area contributed by atoms with Crippen LogP contribution in [0.5, 0.6) is 0 Å². The number of hydrogen-bond acceptors (Lipinski definition) is 3. The van der Waals surface area contributed by atoms with Crippen LogP contribution in [0.2, 0.25) is 5.02 Å². The largest absolute Gasteiger partial charge is 0.465 e. The standard InChI is InChI=1S/C30H22ClNO3/c1-35-30(34)24-12-6-5-11-22(24)19-32-26-14-8-7-13-25(26)28(29(32)33)27(20-9-3-2-4-10-20)21-15-17-23(31)18-16-21/h2-18H,19H2,1H3/b28-27+. The van der Waals surface area contributed by atoms with Crippen LogP contribution in [0.1, 0.15) is 32.6 Å². The third-order valence-corrected chi connectivity index (χ3v) is 6.37. The molecule has 0 spiro atoms. The van der Waals surface area contributed by atoms with Gasteiger partial charge in [0.2, 0.25) is 0 Å². The van der Waals surface area contributed by atoms with E-state index in [2.05, 4.69) is 0 Å². The highest BCUT2D eigenvalue weighted by Gasteiger charge is 2.35. The number of fused-ring (bicyclic) bond motifs is 1. The lowest BCUT2D eigenvalue weighted by atomic mass is 9.90. The van der Waals surface area contributed by atoms with Crippen molar-refractivity contribution in [3.63, 3.8) is 0 Å². The first-order valence-corrected chi connectivity index (χ1v) is 11.6. The second-order valence-electron chi connectivity index (χ2n) is 8.18. The quantitative estimate of drug-likeness (QED) is 0.238. The zero-order chi connectivity index (χ0) is 24.4. The molecule has 4 aromatic rings. The summed E-state index contributed by atoms with van der Waals surface area (Å²) in [5.74, 6) is -0.554. The van der Waals surface area contributed by atoms with E-state index in [1.807, 2.05) is 91.0 Å². The summed E-state index contributed by atoms with van der Waals surface area (Å²) in [6.45, 7) is 0.243. The number of carbonyl (C=O) groups excluding carboxylic acids is 2. The molecule has 0 bridgehead atoms. The summed E-state index contributed by atoms with van der Waals surface area (Å²) < 4.78 is 4.96. The summed E-state index contributed by atoms with van der Waals surface area (Å²) in [5.41, 5.74) is 6.10. The van der Waals surface area contributed by atoms with Gasteiger partial charge in [-0.05, 0) is 41.0 Å². The molecule has 0 aromatic heterocycles. The molecular weight excluding hydrogens is 458 g/mol. The zero-order valence-corrected chi connectivity index (χ0v) is 19.8. The van der Waals surface area contributed by atoms with Crippen LogP contribution in [0.25, 0.3) is 11.1 Å². The summed E-state index contributed by atoms with van der Waals surface area (Å²) in [6.07, 6.45) is 0. The Hall–Kier alpha value is -4.15. The predicted molar refractivity (Wildman–Crippen MR) is 139 cm³/mol. The lowest BCUT2D eigenvalue weighted by Gasteiger charge is -2.19. The number of hydrogen-bond donors (Lipinski definition) is 0. The molecule has 1 heterocycles. The Morgan fingerprint density at radius 3 is 2.17 bits per heavy atom. The van der Waals surface area contributed by atoms with Gasteiger partial charge in [-0.2, -0.15) is 0 Å². The maximum absolute atomic E-state index is 14.1. The van der Waals surface area contributed by atoms with Gasteiger partial charge in [-0.3, -0.25) is 4.79 Å². The summed E-state index contributed by atoms with van der Waals surface area (Å²) in [6, 6.07) is 32.4. The highest BCUT2D eigenvalue weighted by Crippen LogP contribution is 2.43. The number of nitrogens with zero attached hydrogens (tertiary/aromatic N) is 1. The van der Waals surface area contributed by atoms with E-state index in [1.165, 1.54) is 7.11 Å². The van der Waals surface area contributed by atoms with Crippen molar-refractivity contribution in [2.75, 3.05) is 12.0 Å². The van der Waals surface area contributed by atoms with Crippen LogP contribution in [-0.2, 0) is 16.1 Å². The van der Waals surface area contributed by atoms with Gasteiger partial charge < -0.3 is 9.64 Å². The van der Waals surface area contributed by atoms with Crippen molar-refractivity contribution in [2.45, 2.75) is 6.54 Å². The van der Waals surface area contributed by atoms with Crippen LogP contribution in [0, 0.1) is 0 Å². The summed E-state index contributed by atoms with van der Waals surface area (Å²) in [4.78, 5) is 28.2. The maximum Gasteiger partial charge on any atom is 0.338 e. The van der Waals surface area contributed by atoms with Gasteiger partial charge in [-0.1, -0.05) is 90.5 Å². The van der Waals surface area contributed by atoms with Gasteiger partial charge >= 0.3 is 5.97 Å². The molecule has 0 fully saturated rings. The fourth-order valence-corrected chi connectivity index (χ4v) is 4.62. The molecule has 1 aliphatic rings. The third kappa shape index (κ3) is 4.25. The van der Waals surface area contributed by atoms with Gasteiger partial charge in [-0.25, -0.2) is 4.79 Å². The molecule has 4 nitrogen and oxygen atoms in total. The number of halogens is 1. The molecule has 5 heteroatoms. The van der Waals surface area contributed by atoms with Crippen molar-refractivity contribution in [3.8, 4) is 0 Å². The number of amides is 1. The third-order valence-electron chi connectivity index (χ3n) is 6.12. The van der Waals surface area contributed by atoms with E-state index in [4.69, 9.17) is 16.3 Å². The number of benzene rings is 4. The monoisotopic (exact) mass is 479 g/mol. The van der Waals surface area contributed by atoms with Gasteiger partial charge in [0, 0.05) is 16.2 Å². The predicted octanol–water partition coefficient (Wildman–Crippen LogP) is 6.63. The number of carbonyl (C=O) groups is 2. The van der Waals surface area contributed by atoms with Crippen molar-refractivity contribution in [3.05, 3.63) is 136 Å². The minimum atomic E-state index is -0.428. The second kappa shape index (κ2) is 9.61. The van der Waals surface area contributed by atoms with Gasteiger partial charge in [0.15, 0.2) is 0 Å². The summed E-state index contributed by atoms with van der Waals surface area (Å²) >= 11 is 6.17. The maximum atomic E-state index is 14.1. The number of esters is 1. The molecule has 0 N–H and O–H groups in total. The molecule has 1 amide bonds. The highest BCUT2D eigenvalue weighted by atomic mass is 35.5. The molecule has 172 valence electrons. The number of methoxy groups -OCH3 is 1. The van der Waals surface area contributed by atoms with Gasteiger partial charge in [0.25, 0.3) is 5.91 Å². The first-order chi connectivity index (χ1) is 17.1. The van der Waals surface area contributed by atoms with Crippen LogP contribution in [0.4, 0.5) is 5.69 Å². The van der Waals surface area contributed by atoms with E-state index < -0.39 is 5.97 Å². The average Bonchev–Trinajstić information content (AvgIpc) is 3.17. The number of ether oxygens (including phenoxy) is 1. The molecule has 0 unspecified atom stereocenters. The molecule has 1 aliphatic heterocycles. The number of rotatable bonds is 5. The van der Waals surface area contributed by atoms with Crippen LogP contribution >= 0.6 is 11.6 Å². The summed E-state index contributed by atoms with van der Waals surface area (Å²) in [5, 5.41) is 0.630. The number of anilines is 1. The van der Waals surface area contributed by atoms with E-state index in [-0.39, 0.29) is 12.5 Å². The SMILES string of the molecule is COC(=O)c1ccccc1CN1C(=O)/C(=C(\c2ccccc2)c2ccc(Cl)cc2)c2ccccc21. The van der Waals surface area contributed by atoms with E-state index in [0.717, 1.165) is 33.5 Å². The van der Waals surface area contributed by atoms with Crippen molar-refractivity contribution >= 4 is 40.3 Å². The second-order valence-corrected chi connectivity index (χ2v) is 8.62. The molecule has 35 heavy (non-hydrogen) atoms. The van der Waals surface area contributed by atoms with Crippen molar-refractivity contribution in [1.82, 2.24) is 0 Å². The van der Waals surface area contributed by atoms with Crippen LogP contribution in [-0.4, -0.2) is 19.0 Å². The molecule has 0 atom stereocenters. The molecule has 5 rings (SSSR count). The van der Waals surface area contributed by atoms with E-state index in [9.17, 15) is 9.59 Å². The normalized spacial score (nSPS) is 14.0. The van der Waals surface area contributed by atoms with Crippen molar-refractivity contribution in [1.29, 1.82) is 0 Å². The molecular formula is C30H22ClNO3. The smallest absolute Gasteiger partial charge is 0.338 e. The van der Waals surface area contributed by atoms with E-state index >= 15 is 0 Å². The lowest BCUT2D eigenvalue weighted by molar-refractivity contribution is -0.113. The Balaban J connectivity index is 1.70. The minimum Gasteiger partial charge on any atom is -0.465 e. The Morgan fingerprint density at radius 1 is 0.800 bits per heavy atom. The molecule has 0 saturated heterocycles. The van der Waals surface area contributed by atoms with Crippen LogP contribution in [0.15, 0.2) is 103 Å². The lowest BCUT2D eigenvalue weighted by Crippen LogP contribution is -2.27. The Morgan fingerprint density at radius 2 is 1.43 bits per heavy atom. The van der Waals surface area contributed by atoms with E-state index in [0.29, 0.717) is 16.2 Å². The van der Waals surface area contributed by atoms with Crippen molar-refractivity contribution in [2.24, 2.45) is 0 Å². The van der Waals surface area contributed by atoms with Gasteiger partial charge in [0.1, 0.15) is 0 Å². The fourth-order valence-electron chi connectivity index (χ4n) is 4.49. The summed E-state index contributed by atoms with van der Waals surface area (Å²) in [7, 11) is 1.36. The average molecular weight is 480 g/mol. The molecule has 0 saturated carbocycles. The minimum absolute atomic E-state index is 0.125.